The highest BCUT2D eigenvalue weighted by Crippen LogP contribution is 2.19. The molecule has 0 aliphatic carbocycles. The van der Waals surface area contributed by atoms with E-state index in [-0.39, 0.29) is 5.97 Å². The number of benzene rings is 1. The summed E-state index contributed by atoms with van der Waals surface area (Å²) < 4.78 is 7.60. The van der Waals surface area contributed by atoms with E-state index in [0.29, 0.717) is 6.42 Å². The molecule has 0 aliphatic rings. The molecule has 0 aliphatic heterocycles. The summed E-state index contributed by atoms with van der Waals surface area (Å²) in [5.74, 6) is -0.297. The maximum atomic E-state index is 12.2. The molecule has 5 nitrogen and oxygen atoms in total. The van der Waals surface area contributed by atoms with Crippen LogP contribution in [0.5, 0.6) is 0 Å². The van der Waals surface area contributed by atoms with Crippen LogP contribution in [0, 0.1) is 3.70 Å². The van der Waals surface area contributed by atoms with Gasteiger partial charge in [-0.3, -0.25) is 0 Å². The van der Waals surface area contributed by atoms with Crippen LogP contribution in [0.1, 0.15) is 11.6 Å². The Morgan fingerprint density at radius 2 is 1.95 bits per heavy atom. The average Bonchev–Trinajstić information content (AvgIpc) is 2.86. The lowest BCUT2D eigenvalue weighted by Gasteiger charge is -2.17. The summed E-state index contributed by atoms with van der Waals surface area (Å²) in [6.07, 6.45) is 0.540. The van der Waals surface area contributed by atoms with Crippen molar-refractivity contribution in [3.8, 4) is 0 Å². The zero-order valence-electron chi connectivity index (χ0n) is 13.2. The van der Waals surface area contributed by atoms with Crippen LogP contribution in [0.3, 0.4) is 0 Å². The van der Waals surface area contributed by atoms with Crippen molar-refractivity contribution in [1.29, 1.82) is 0 Å². The van der Waals surface area contributed by atoms with Gasteiger partial charge in [-0.05, 0) is 28.2 Å². The smallest absolute Gasteiger partial charge is 0.331 e. The van der Waals surface area contributed by atoms with Crippen molar-refractivity contribution in [3.63, 3.8) is 0 Å². The lowest BCUT2D eigenvalue weighted by atomic mass is 10.1. The third kappa shape index (κ3) is 3.75. The molecule has 0 N–H and O–H groups in total. The molecule has 1 heterocycles. The van der Waals surface area contributed by atoms with Gasteiger partial charge in [0.2, 0.25) is 0 Å². The summed E-state index contributed by atoms with van der Waals surface area (Å²) in [5, 5.41) is 9.59. The largest absolute Gasteiger partial charge is 0.467 e. The van der Waals surface area contributed by atoms with Gasteiger partial charge in [-0.1, -0.05) is 55.2 Å². The number of carbonyl (C=O) groups excluding carboxylic acids is 1. The summed E-state index contributed by atoms with van der Waals surface area (Å²) in [4.78, 5) is 12.2. The van der Waals surface area contributed by atoms with Gasteiger partial charge in [-0.25, -0.2) is 9.48 Å². The maximum absolute atomic E-state index is 12.2. The van der Waals surface area contributed by atoms with Crippen molar-refractivity contribution in [2.75, 3.05) is 7.11 Å². The quantitative estimate of drug-likeness (QED) is 0.416. The molecule has 0 saturated carbocycles. The van der Waals surface area contributed by atoms with Gasteiger partial charge < -0.3 is 4.74 Å². The molecule has 0 radical (unpaired) electrons. The molecule has 1 aromatic heterocycles. The summed E-state index contributed by atoms with van der Waals surface area (Å²) in [6.45, 7) is 6.65. The minimum Gasteiger partial charge on any atom is -0.467 e. The third-order valence-electron chi connectivity index (χ3n) is 3.39. The zero-order chi connectivity index (χ0) is 16.3. The molecular weight excluding hydrogens is 409 g/mol. The van der Waals surface area contributed by atoms with Gasteiger partial charge in [0, 0.05) is 6.42 Å². The van der Waals surface area contributed by atoms with Crippen LogP contribution < -0.4 is 5.32 Å². The number of rotatable bonds is 5. The number of hydrogen-bond acceptors (Lipinski definition) is 4. The number of carbonyl (C=O) groups is 1. The van der Waals surface area contributed by atoms with Crippen LogP contribution >= 0.6 is 22.6 Å². The Bertz CT molecular complexity index is 653. The third-order valence-corrected chi connectivity index (χ3v) is 6.66. The maximum Gasteiger partial charge on any atom is 0.331 e. The van der Waals surface area contributed by atoms with E-state index < -0.39 is 14.1 Å². The van der Waals surface area contributed by atoms with Crippen molar-refractivity contribution in [2.24, 2.45) is 0 Å². The Kier molecular flexibility index (Phi) is 5.38. The van der Waals surface area contributed by atoms with E-state index in [1.54, 1.807) is 4.68 Å². The van der Waals surface area contributed by atoms with Gasteiger partial charge in [-0.2, -0.15) is 0 Å². The molecule has 118 valence electrons. The highest BCUT2D eigenvalue weighted by atomic mass is 127. The van der Waals surface area contributed by atoms with Gasteiger partial charge in [-0.15, -0.1) is 5.10 Å². The fraction of sp³-hybridized carbons (Fsp3) is 0.400. The van der Waals surface area contributed by atoms with Crippen LogP contribution in [0.15, 0.2) is 30.3 Å². The Balaban J connectivity index is 2.39. The average molecular weight is 429 g/mol. The standard InChI is InChI=1S/C15H20IN3O2Si/c1-21-15(20)12(10-11-8-6-5-7-9-11)19-13(16)14(17-18-19)22(2,3)4/h5-9,12H,10H2,1-4H3. The fourth-order valence-electron chi connectivity index (χ4n) is 2.18. The molecule has 0 spiro atoms. The molecule has 2 aromatic rings. The molecule has 22 heavy (non-hydrogen) atoms. The van der Waals surface area contributed by atoms with Crippen molar-refractivity contribution >= 4 is 42.0 Å². The van der Waals surface area contributed by atoms with E-state index in [4.69, 9.17) is 4.74 Å². The first kappa shape index (κ1) is 17.1. The second kappa shape index (κ2) is 6.91. The van der Waals surface area contributed by atoms with Gasteiger partial charge in [0.05, 0.1) is 12.4 Å². The summed E-state index contributed by atoms with van der Waals surface area (Å²) in [6, 6.07) is 9.39. The molecule has 1 aromatic carbocycles. The molecule has 0 amide bonds. The summed E-state index contributed by atoms with van der Waals surface area (Å²) >= 11 is 2.23. The number of aromatic nitrogens is 3. The van der Waals surface area contributed by atoms with Gasteiger partial charge >= 0.3 is 5.97 Å². The van der Waals surface area contributed by atoms with Crippen molar-refractivity contribution in [1.82, 2.24) is 15.0 Å². The molecule has 7 heteroatoms. The van der Waals surface area contributed by atoms with Crippen molar-refractivity contribution in [3.05, 3.63) is 39.6 Å². The molecule has 0 fully saturated rings. The second-order valence-corrected chi connectivity index (χ2v) is 12.1. The van der Waals surface area contributed by atoms with Gasteiger partial charge in [0.1, 0.15) is 11.8 Å². The van der Waals surface area contributed by atoms with E-state index in [1.165, 1.54) is 7.11 Å². The van der Waals surface area contributed by atoms with Crippen LogP contribution in [-0.2, 0) is 16.0 Å². The molecule has 0 saturated heterocycles. The van der Waals surface area contributed by atoms with Crippen LogP contribution in [0.2, 0.25) is 19.6 Å². The minimum atomic E-state index is -1.59. The second-order valence-electron chi connectivity index (χ2n) is 6.15. The van der Waals surface area contributed by atoms with E-state index in [1.807, 2.05) is 30.3 Å². The van der Waals surface area contributed by atoms with Crippen molar-refractivity contribution < 1.29 is 9.53 Å². The number of halogens is 1. The van der Waals surface area contributed by atoms with Crippen LogP contribution in [-0.4, -0.2) is 36.1 Å². The Labute approximate surface area is 145 Å². The number of methoxy groups -OCH3 is 1. The minimum absolute atomic E-state index is 0.297. The normalized spacial score (nSPS) is 13.0. The topological polar surface area (TPSA) is 57.0 Å². The van der Waals surface area contributed by atoms with Gasteiger partial charge in [0.25, 0.3) is 0 Å². The fourth-order valence-corrected chi connectivity index (χ4v) is 6.23. The van der Waals surface area contributed by atoms with Crippen LogP contribution in [0.4, 0.5) is 0 Å². The highest BCUT2D eigenvalue weighted by molar-refractivity contribution is 14.1. The monoisotopic (exact) mass is 429 g/mol. The predicted molar refractivity (Wildman–Crippen MR) is 96.9 cm³/mol. The summed E-state index contributed by atoms with van der Waals surface area (Å²) in [5.41, 5.74) is 1.07. The molecule has 1 unspecified atom stereocenters. The molecule has 1 atom stereocenters. The van der Waals surface area contributed by atoms with E-state index in [2.05, 4.69) is 52.5 Å². The number of nitrogens with zero attached hydrogens (tertiary/aromatic N) is 3. The number of hydrogen-bond donors (Lipinski definition) is 0. The number of esters is 1. The van der Waals surface area contributed by atoms with Crippen molar-refractivity contribution in [2.45, 2.75) is 32.1 Å². The predicted octanol–water partition coefficient (Wildman–Crippen LogP) is 2.38. The lowest BCUT2D eigenvalue weighted by Crippen LogP contribution is -2.41. The molecule has 2 rings (SSSR count). The van der Waals surface area contributed by atoms with Gasteiger partial charge in [0.15, 0.2) is 6.04 Å². The Morgan fingerprint density at radius 1 is 1.32 bits per heavy atom. The lowest BCUT2D eigenvalue weighted by molar-refractivity contribution is -0.145. The van der Waals surface area contributed by atoms with E-state index in [0.717, 1.165) is 14.6 Å². The van der Waals surface area contributed by atoms with E-state index in [9.17, 15) is 4.79 Å². The van der Waals surface area contributed by atoms with Crippen LogP contribution in [0.25, 0.3) is 0 Å². The number of ether oxygens (including phenoxy) is 1. The first-order valence-electron chi connectivity index (χ1n) is 7.07. The first-order chi connectivity index (χ1) is 10.3. The molecular formula is C15H20IN3O2Si. The Morgan fingerprint density at radius 3 is 2.45 bits per heavy atom. The molecule has 0 bridgehead atoms. The highest BCUT2D eigenvalue weighted by Gasteiger charge is 2.31. The SMILES string of the molecule is COC(=O)C(Cc1ccccc1)n1nnc([Si](C)(C)C)c1I. The Hall–Kier alpha value is -1.22. The summed E-state index contributed by atoms with van der Waals surface area (Å²) in [7, 11) is -0.188. The van der Waals surface area contributed by atoms with E-state index >= 15 is 0 Å². The first-order valence-corrected chi connectivity index (χ1v) is 11.7. The zero-order valence-corrected chi connectivity index (χ0v) is 16.4.